The summed E-state index contributed by atoms with van der Waals surface area (Å²) < 4.78 is 24.8. The average molecular weight is 534 g/mol. The van der Waals surface area contributed by atoms with Gasteiger partial charge in [0.1, 0.15) is 0 Å². The van der Waals surface area contributed by atoms with Crippen LogP contribution in [0.25, 0.3) is 42.4 Å². The molecular formula is C31H33FOS2Si. The highest BCUT2D eigenvalue weighted by Crippen LogP contribution is 2.44. The molecule has 36 heavy (non-hydrogen) atoms. The molecule has 0 N–H and O–H groups in total. The van der Waals surface area contributed by atoms with E-state index < -0.39 is 15.5 Å². The zero-order chi connectivity index (χ0) is 26.2. The monoisotopic (exact) mass is 533 g/mol. The SMILES string of the molecule is CC1CC=Cc2ccc(-c3cc4sc(-c5ccc6c(c5)C(O[Si](C)(C)C)CC=C6)cc4s3)cc21.[2H]CF. The smallest absolute Gasteiger partial charge is 0.184 e. The van der Waals surface area contributed by atoms with Crippen molar-refractivity contribution in [1.82, 2.24) is 0 Å². The van der Waals surface area contributed by atoms with Crippen LogP contribution in [-0.4, -0.2) is 15.5 Å². The van der Waals surface area contributed by atoms with Crippen molar-refractivity contribution in [2.45, 2.75) is 51.4 Å². The summed E-state index contributed by atoms with van der Waals surface area (Å²) in [7, 11) is -2.61. The zero-order valence-electron chi connectivity index (χ0n) is 22.3. The van der Waals surface area contributed by atoms with Gasteiger partial charge in [-0.3, -0.25) is 4.39 Å². The third kappa shape index (κ3) is 5.07. The van der Waals surface area contributed by atoms with E-state index in [0.717, 1.165) is 12.8 Å². The number of rotatable bonds is 4. The van der Waals surface area contributed by atoms with Gasteiger partial charge in [-0.1, -0.05) is 55.5 Å². The van der Waals surface area contributed by atoms with E-state index >= 15 is 0 Å². The van der Waals surface area contributed by atoms with E-state index in [1.807, 2.05) is 22.7 Å². The molecule has 2 aliphatic rings. The first kappa shape index (κ1) is 24.0. The largest absolute Gasteiger partial charge is 0.410 e. The van der Waals surface area contributed by atoms with Gasteiger partial charge in [0.2, 0.25) is 0 Å². The van der Waals surface area contributed by atoms with Gasteiger partial charge < -0.3 is 4.43 Å². The molecule has 186 valence electrons. The fraction of sp³-hybridized carbons (Fsp3) is 0.290. The first-order valence-corrected chi connectivity index (χ1v) is 17.5. The Morgan fingerprint density at radius 1 is 0.833 bits per heavy atom. The average Bonchev–Trinajstić information content (AvgIpc) is 3.44. The van der Waals surface area contributed by atoms with Crippen LogP contribution in [0.1, 0.15) is 55.4 Å². The summed E-state index contributed by atoms with van der Waals surface area (Å²) >= 11 is 3.83. The maximum atomic E-state index is 9.96. The van der Waals surface area contributed by atoms with E-state index in [2.05, 4.69) is 99.4 Å². The van der Waals surface area contributed by atoms with Crippen LogP contribution in [0.5, 0.6) is 0 Å². The number of hydrogen-bond acceptors (Lipinski definition) is 3. The number of benzene rings is 2. The molecule has 0 amide bonds. The van der Waals surface area contributed by atoms with E-state index in [9.17, 15) is 4.39 Å². The molecule has 2 aromatic heterocycles. The van der Waals surface area contributed by atoms with Crippen LogP contribution in [0.3, 0.4) is 0 Å². The Hall–Kier alpha value is -2.31. The predicted octanol–water partition coefficient (Wildman–Crippen LogP) is 10.7. The number of fused-ring (bicyclic) bond motifs is 3. The van der Waals surface area contributed by atoms with Gasteiger partial charge in [0.25, 0.3) is 0 Å². The molecular weight excluding hydrogens is 500 g/mol. The van der Waals surface area contributed by atoms with Gasteiger partial charge in [-0.15, -0.1) is 22.7 Å². The fourth-order valence-electron chi connectivity index (χ4n) is 5.10. The standard InChI is InChI=1S/C30H30OS2Si.CH3F/c1-19-7-5-8-20-11-13-22(15-24(19)20)27-17-29-30(32-27)18-28(33-29)23-14-12-21-9-6-10-26(25(21)16-23)31-34(2,3)4;1-2/h5-6,8-9,11-19,26H,7,10H2,1-4H3;1H3/i;1D. The van der Waals surface area contributed by atoms with E-state index in [0.29, 0.717) is 5.92 Å². The van der Waals surface area contributed by atoms with Crippen LogP contribution in [0.15, 0.2) is 60.7 Å². The van der Waals surface area contributed by atoms with E-state index in [1.165, 1.54) is 52.5 Å². The molecule has 2 aromatic carbocycles. The molecule has 0 saturated carbocycles. The molecule has 2 heterocycles. The highest BCUT2D eigenvalue weighted by atomic mass is 32.1. The molecule has 5 heteroatoms. The van der Waals surface area contributed by atoms with Crippen molar-refractivity contribution in [3.8, 4) is 20.9 Å². The lowest BCUT2D eigenvalue weighted by Crippen LogP contribution is -2.28. The van der Waals surface area contributed by atoms with Gasteiger partial charge in [-0.05, 0) is 96.0 Å². The van der Waals surface area contributed by atoms with Crippen LogP contribution in [0.4, 0.5) is 4.39 Å². The van der Waals surface area contributed by atoms with Gasteiger partial charge in [0.15, 0.2) is 8.32 Å². The maximum absolute atomic E-state index is 9.96. The summed E-state index contributed by atoms with van der Waals surface area (Å²) in [6.45, 7) is 9.16. The van der Waals surface area contributed by atoms with Crippen molar-refractivity contribution in [3.05, 3.63) is 82.9 Å². The summed E-state index contributed by atoms with van der Waals surface area (Å²) in [6, 6.07) is 18.7. The molecule has 0 saturated heterocycles. The van der Waals surface area contributed by atoms with Crippen LogP contribution >= 0.6 is 22.7 Å². The van der Waals surface area contributed by atoms with Crippen LogP contribution in [-0.2, 0) is 4.43 Å². The summed E-state index contributed by atoms with van der Waals surface area (Å²) in [6.07, 6.45) is 11.4. The molecule has 2 atom stereocenters. The van der Waals surface area contributed by atoms with Gasteiger partial charge in [0, 0.05) is 19.2 Å². The van der Waals surface area contributed by atoms with Crippen molar-refractivity contribution < 1.29 is 10.2 Å². The topological polar surface area (TPSA) is 9.23 Å². The Balaban J connectivity index is 0.000000892. The van der Waals surface area contributed by atoms with Crippen LogP contribution in [0, 0.1) is 0 Å². The normalized spacial score (nSPS) is 18.9. The molecule has 4 aromatic rings. The maximum Gasteiger partial charge on any atom is 0.184 e. The minimum absolute atomic E-state index is 0.181. The number of thiophene rings is 2. The minimum Gasteiger partial charge on any atom is -0.410 e. The second-order valence-corrected chi connectivity index (χ2v) is 17.2. The second-order valence-electron chi connectivity index (χ2n) is 10.5. The summed E-state index contributed by atoms with van der Waals surface area (Å²) in [5.74, 6) is 0.597. The zero-order valence-corrected chi connectivity index (χ0v) is 23.9. The van der Waals surface area contributed by atoms with Crippen molar-refractivity contribution in [3.63, 3.8) is 0 Å². The Morgan fingerprint density at radius 2 is 1.36 bits per heavy atom. The van der Waals surface area contributed by atoms with Crippen molar-refractivity contribution in [2.75, 3.05) is 7.15 Å². The molecule has 0 spiro atoms. The molecule has 2 aliphatic carbocycles. The Bertz CT molecular complexity index is 1440. The summed E-state index contributed by atoms with van der Waals surface area (Å²) in [5, 5.41) is 0. The van der Waals surface area contributed by atoms with Gasteiger partial charge in [-0.25, -0.2) is 0 Å². The molecule has 6 rings (SSSR count). The molecule has 1 nitrogen and oxygen atoms in total. The van der Waals surface area contributed by atoms with E-state index in [-0.39, 0.29) is 6.10 Å². The van der Waals surface area contributed by atoms with Gasteiger partial charge in [-0.2, -0.15) is 0 Å². The first-order chi connectivity index (χ1) is 17.8. The van der Waals surface area contributed by atoms with Crippen LogP contribution < -0.4 is 0 Å². The van der Waals surface area contributed by atoms with Gasteiger partial charge in [0.05, 0.1) is 14.6 Å². The van der Waals surface area contributed by atoms with Crippen LogP contribution in [0.2, 0.25) is 19.6 Å². The lowest BCUT2D eigenvalue weighted by molar-refractivity contribution is 0.200. The lowest BCUT2D eigenvalue weighted by atomic mass is 9.87. The quantitative estimate of drug-likeness (QED) is 0.237. The molecule has 0 aliphatic heterocycles. The fourth-order valence-corrected chi connectivity index (χ4v) is 8.56. The first-order valence-electron chi connectivity index (χ1n) is 13.1. The molecule has 2 unspecified atom stereocenters. The van der Waals surface area contributed by atoms with Gasteiger partial charge >= 0.3 is 0 Å². The number of halogens is 1. The second kappa shape index (κ2) is 10.2. The lowest BCUT2D eigenvalue weighted by Gasteiger charge is -2.29. The Kier molecular flexibility index (Phi) is 6.82. The number of alkyl halides is 1. The number of hydrogen-bond donors (Lipinski definition) is 0. The molecule has 0 bridgehead atoms. The number of allylic oxidation sites excluding steroid dienone is 1. The minimum atomic E-state index is -1.61. The van der Waals surface area contributed by atoms with E-state index in [4.69, 9.17) is 5.80 Å². The Labute approximate surface area is 224 Å². The summed E-state index contributed by atoms with van der Waals surface area (Å²) in [4.78, 5) is 2.72. The highest BCUT2D eigenvalue weighted by Gasteiger charge is 2.25. The molecule has 0 fully saturated rings. The summed E-state index contributed by atoms with van der Waals surface area (Å²) in [5.41, 5.74) is 8.16. The van der Waals surface area contributed by atoms with Crippen molar-refractivity contribution in [2.24, 2.45) is 0 Å². The molecule has 0 radical (unpaired) electrons. The highest BCUT2D eigenvalue weighted by molar-refractivity contribution is 7.31. The van der Waals surface area contributed by atoms with E-state index in [1.54, 1.807) is 0 Å². The van der Waals surface area contributed by atoms with Crippen molar-refractivity contribution >= 4 is 52.5 Å². The predicted molar refractivity (Wildman–Crippen MR) is 160 cm³/mol. The third-order valence-corrected chi connectivity index (χ3v) is 10.1. The third-order valence-electron chi connectivity index (χ3n) is 6.76. The van der Waals surface area contributed by atoms with Crippen molar-refractivity contribution in [1.29, 1.82) is 0 Å². The Morgan fingerprint density at radius 3 is 1.94 bits per heavy atom.